The molecule has 0 aromatic heterocycles. The minimum atomic E-state index is -0.673. The van der Waals surface area contributed by atoms with Crippen LogP contribution in [0.25, 0.3) is 0 Å². The van der Waals surface area contributed by atoms with Crippen LogP contribution in [0.3, 0.4) is 0 Å². The number of nitrogens with two attached hydrogens (primary N) is 1. The van der Waals surface area contributed by atoms with Crippen LogP contribution in [-0.4, -0.2) is 55.8 Å². The third kappa shape index (κ3) is 4.58. The van der Waals surface area contributed by atoms with Crippen LogP contribution in [0.4, 0.5) is 4.39 Å². The summed E-state index contributed by atoms with van der Waals surface area (Å²) in [4.78, 5) is 26.2. The van der Waals surface area contributed by atoms with Crippen LogP contribution in [0, 0.1) is 17.7 Å². The van der Waals surface area contributed by atoms with Crippen molar-refractivity contribution in [2.24, 2.45) is 5.73 Å². The van der Waals surface area contributed by atoms with Gasteiger partial charge in [0.25, 0.3) is 5.91 Å². The van der Waals surface area contributed by atoms with Crippen LogP contribution in [0.5, 0.6) is 0 Å². The van der Waals surface area contributed by atoms with Gasteiger partial charge in [0.1, 0.15) is 5.82 Å². The zero-order valence-electron chi connectivity index (χ0n) is 12.3. The summed E-state index contributed by atoms with van der Waals surface area (Å²) in [5.41, 5.74) is 5.59. The van der Waals surface area contributed by atoms with Crippen LogP contribution in [-0.2, 0) is 4.79 Å². The summed E-state index contributed by atoms with van der Waals surface area (Å²) in [7, 11) is 4.63. The average molecular weight is 291 g/mol. The van der Waals surface area contributed by atoms with E-state index in [0.717, 1.165) is 0 Å². The van der Waals surface area contributed by atoms with Gasteiger partial charge in [-0.2, -0.15) is 0 Å². The maximum Gasteiger partial charge on any atom is 0.257 e. The van der Waals surface area contributed by atoms with E-state index >= 15 is 0 Å². The maximum atomic E-state index is 13.9. The molecule has 112 valence electrons. The van der Waals surface area contributed by atoms with Crippen molar-refractivity contribution in [2.45, 2.75) is 0 Å². The molecule has 0 saturated carbocycles. The lowest BCUT2D eigenvalue weighted by Gasteiger charge is -2.19. The molecule has 0 bridgehead atoms. The van der Waals surface area contributed by atoms with Crippen molar-refractivity contribution >= 4 is 11.8 Å². The fraction of sp³-hybridized carbons (Fsp3) is 0.333. The second-order valence-corrected chi connectivity index (χ2v) is 4.65. The molecule has 1 aromatic rings. The molecule has 2 N–H and O–H groups in total. The van der Waals surface area contributed by atoms with Gasteiger partial charge in [-0.15, -0.1) is 0 Å². The Labute approximate surface area is 123 Å². The van der Waals surface area contributed by atoms with Crippen LogP contribution in [0.15, 0.2) is 18.2 Å². The molecule has 0 heterocycles. The molecule has 0 aliphatic rings. The lowest BCUT2D eigenvalue weighted by atomic mass is 10.1. The lowest BCUT2D eigenvalue weighted by molar-refractivity contribution is -0.129. The van der Waals surface area contributed by atoms with Gasteiger partial charge in [-0.05, 0) is 18.2 Å². The van der Waals surface area contributed by atoms with Gasteiger partial charge in [0.2, 0.25) is 5.91 Å². The Kier molecular flexibility index (Phi) is 5.88. The number of carbonyl (C=O) groups is 2. The predicted molar refractivity (Wildman–Crippen MR) is 78.0 cm³/mol. The highest BCUT2D eigenvalue weighted by molar-refractivity contribution is 5.96. The Morgan fingerprint density at radius 2 is 1.95 bits per heavy atom. The van der Waals surface area contributed by atoms with E-state index in [2.05, 4.69) is 11.8 Å². The third-order valence-electron chi connectivity index (χ3n) is 2.75. The van der Waals surface area contributed by atoms with E-state index in [9.17, 15) is 14.0 Å². The summed E-state index contributed by atoms with van der Waals surface area (Å²) in [6.45, 7) is 0.0672. The Morgan fingerprint density at radius 1 is 1.29 bits per heavy atom. The van der Waals surface area contributed by atoms with E-state index < -0.39 is 11.7 Å². The number of rotatable bonds is 3. The number of halogens is 1. The largest absolute Gasteiger partial charge is 0.347 e. The van der Waals surface area contributed by atoms with Gasteiger partial charge in [0.15, 0.2) is 0 Å². The van der Waals surface area contributed by atoms with Gasteiger partial charge in [-0.3, -0.25) is 9.59 Å². The molecule has 0 unspecified atom stereocenters. The lowest BCUT2D eigenvalue weighted by Crippen LogP contribution is -2.38. The molecule has 0 atom stereocenters. The fourth-order valence-electron chi connectivity index (χ4n) is 1.54. The molecule has 0 aliphatic carbocycles. The van der Waals surface area contributed by atoms with E-state index in [0.29, 0.717) is 5.56 Å². The van der Waals surface area contributed by atoms with Crippen molar-refractivity contribution in [2.75, 3.05) is 34.2 Å². The predicted octanol–water partition coefficient (Wildman–Crippen LogP) is 0.296. The first-order valence-corrected chi connectivity index (χ1v) is 6.31. The second-order valence-electron chi connectivity index (χ2n) is 4.65. The van der Waals surface area contributed by atoms with E-state index in [-0.39, 0.29) is 24.6 Å². The third-order valence-corrected chi connectivity index (χ3v) is 2.75. The molecule has 1 rings (SSSR count). The normalized spacial score (nSPS) is 9.57. The fourth-order valence-corrected chi connectivity index (χ4v) is 1.54. The monoisotopic (exact) mass is 291 g/mol. The highest BCUT2D eigenvalue weighted by Gasteiger charge is 2.19. The van der Waals surface area contributed by atoms with Crippen molar-refractivity contribution in [1.82, 2.24) is 9.80 Å². The maximum absolute atomic E-state index is 13.9. The standard InChI is InChI=1S/C15H18FN3O2/c1-18(2)14(20)10-19(3)15(21)12-7-6-11(5-4-8-17)9-13(12)16/h6-7,9H,8,10,17H2,1-3H3. The topological polar surface area (TPSA) is 66.6 Å². The zero-order chi connectivity index (χ0) is 16.0. The summed E-state index contributed by atoms with van der Waals surface area (Å²) in [5.74, 6) is 3.83. The van der Waals surface area contributed by atoms with Gasteiger partial charge in [0, 0.05) is 26.7 Å². The first kappa shape index (κ1) is 16.7. The van der Waals surface area contributed by atoms with Crippen molar-refractivity contribution < 1.29 is 14.0 Å². The summed E-state index contributed by atoms with van der Waals surface area (Å²) in [6.07, 6.45) is 0. The minimum Gasteiger partial charge on any atom is -0.347 e. The molecule has 0 aliphatic heterocycles. The molecular weight excluding hydrogens is 273 g/mol. The quantitative estimate of drug-likeness (QED) is 0.814. The van der Waals surface area contributed by atoms with E-state index in [1.165, 1.54) is 29.0 Å². The molecule has 21 heavy (non-hydrogen) atoms. The number of amides is 2. The first-order valence-electron chi connectivity index (χ1n) is 6.31. The van der Waals surface area contributed by atoms with Crippen molar-refractivity contribution in [3.8, 4) is 11.8 Å². The second kappa shape index (κ2) is 7.41. The first-order chi connectivity index (χ1) is 9.86. The van der Waals surface area contributed by atoms with E-state index in [1.54, 1.807) is 20.2 Å². The zero-order valence-corrected chi connectivity index (χ0v) is 12.3. The Balaban J connectivity index is 2.90. The smallest absolute Gasteiger partial charge is 0.257 e. The highest BCUT2D eigenvalue weighted by Crippen LogP contribution is 2.12. The number of carbonyl (C=O) groups excluding carboxylic acids is 2. The molecule has 1 aromatic carbocycles. The summed E-state index contributed by atoms with van der Waals surface area (Å²) < 4.78 is 13.9. The van der Waals surface area contributed by atoms with Gasteiger partial charge < -0.3 is 15.5 Å². The molecule has 6 heteroatoms. The molecule has 5 nitrogen and oxygen atoms in total. The summed E-state index contributed by atoms with van der Waals surface area (Å²) >= 11 is 0. The van der Waals surface area contributed by atoms with Gasteiger partial charge in [-0.25, -0.2) is 4.39 Å². The van der Waals surface area contributed by atoms with Crippen LogP contribution < -0.4 is 5.73 Å². The van der Waals surface area contributed by atoms with Crippen LogP contribution in [0.2, 0.25) is 0 Å². The number of hydrogen-bond donors (Lipinski definition) is 1. The van der Waals surface area contributed by atoms with Gasteiger partial charge in [0.05, 0.1) is 18.7 Å². The molecular formula is C15H18FN3O2. The molecule has 0 fully saturated rings. The van der Waals surface area contributed by atoms with Gasteiger partial charge >= 0.3 is 0 Å². The van der Waals surface area contributed by atoms with Crippen molar-refractivity contribution in [3.63, 3.8) is 0 Å². The summed E-state index contributed by atoms with van der Waals surface area (Å²) in [6, 6.07) is 4.08. The molecule has 0 spiro atoms. The van der Waals surface area contributed by atoms with Crippen molar-refractivity contribution in [1.29, 1.82) is 0 Å². The van der Waals surface area contributed by atoms with Crippen molar-refractivity contribution in [3.05, 3.63) is 35.1 Å². The molecule has 0 saturated heterocycles. The van der Waals surface area contributed by atoms with E-state index in [1.807, 2.05) is 0 Å². The Hall–Kier alpha value is -2.39. The SMILES string of the molecule is CN(C)C(=O)CN(C)C(=O)c1ccc(C#CCN)cc1F. The number of nitrogens with zero attached hydrogens (tertiary/aromatic N) is 2. The Morgan fingerprint density at radius 3 is 2.48 bits per heavy atom. The molecule has 0 radical (unpaired) electrons. The van der Waals surface area contributed by atoms with Crippen LogP contribution in [0.1, 0.15) is 15.9 Å². The number of likely N-dealkylation sites (N-methyl/N-ethyl adjacent to an activating group) is 2. The highest BCUT2D eigenvalue weighted by atomic mass is 19.1. The average Bonchev–Trinajstić information content (AvgIpc) is 2.44. The van der Waals surface area contributed by atoms with E-state index in [4.69, 9.17) is 5.73 Å². The Bertz CT molecular complexity index is 603. The number of hydrogen-bond acceptors (Lipinski definition) is 3. The van der Waals surface area contributed by atoms with Gasteiger partial charge in [-0.1, -0.05) is 11.8 Å². The minimum absolute atomic E-state index is 0.0950. The number of benzene rings is 1. The molecule has 2 amide bonds. The van der Waals surface area contributed by atoms with Crippen LogP contribution >= 0.6 is 0 Å². The summed E-state index contributed by atoms with van der Waals surface area (Å²) in [5, 5.41) is 0.